The number of amides is 1. The minimum atomic E-state index is -0.337. The average Bonchev–Trinajstić information content (AvgIpc) is 3.00. The van der Waals surface area contributed by atoms with Crippen LogP contribution >= 0.6 is 28.1 Å². The molecule has 156 valence electrons. The number of thiocarbonyl (C=S) groups is 1. The molecule has 30 heavy (non-hydrogen) atoms. The lowest BCUT2D eigenvalue weighted by Gasteiger charge is -2.14. The van der Waals surface area contributed by atoms with Gasteiger partial charge in [0, 0.05) is 27.8 Å². The second-order valence-electron chi connectivity index (χ2n) is 7.00. The third kappa shape index (κ3) is 5.06. The van der Waals surface area contributed by atoms with Crippen LogP contribution in [0, 0.1) is 20.8 Å². The molecule has 0 unspecified atom stereocenters. The lowest BCUT2D eigenvalue weighted by molar-refractivity contribution is 0.0974. The van der Waals surface area contributed by atoms with Crippen molar-refractivity contribution in [2.24, 2.45) is 0 Å². The van der Waals surface area contributed by atoms with E-state index in [4.69, 9.17) is 17.0 Å². The van der Waals surface area contributed by atoms with Crippen molar-refractivity contribution >= 4 is 44.9 Å². The summed E-state index contributed by atoms with van der Waals surface area (Å²) in [7, 11) is 1.54. The predicted molar refractivity (Wildman–Crippen MR) is 126 cm³/mol. The number of carbonyl (C=O) groups is 1. The molecular formula is C22H23BrN4O2S. The molecule has 3 N–H and O–H groups in total. The van der Waals surface area contributed by atoms with Crippen LogP contribution in [0.25, 0.3) is 0 Å². The number of hydrogen-bond donors (Lipinski definition) is 3. The number of rotatable bonds is 5. The van der Waals surface area contributed by atoms with E-state index >= 15 is 0 Å². The van der Waals surface area contributed by atoms with Gasteiger partial charge in [0.25, 0.3) is 5.91 Å². The molecule has 2 aromatic carbocycles. The zero-order valence-electron chi connectivity index (χ0n) is 17.2. The maximum Gasteiger partial charge on any atom is 0.261 e. The molecular weight excluding hydrogens is 464 g/mol. The SMILES string of the molecule is COc1c(C)cc(Br)cc1C(=O)NC(=S)Nc1ccc(Cc2c(C)n[nH]c2C)cc1. The van der Waals surface area contributed by atoms with Crippen LogP contribution in [0.2, 0.25) is 0 Å². The fourth-order valence-electron chi connectivity index (χ4n) is 3.25. The molecule has 0 aliphatic carbocycles. The molecule has 0 aliphatic heterocycles. The molecule has 3 rings (SSSR count). The lowest BCUT2D eigenvalue weighted by Crippen LogP contribution is -2.34. The quantitative estimate of drug-likeness (QED) is 0.450. The Hall–Kier alpha value is -2.71. The summed E-state index contributed by atoms with van der Waals surface area (Å²) in [6.07, 6.45) is 0.803. The highest BCUT2D eigenvalue weighted by Crippen LogP contribution is 2.27. The topological polar surface area (TPSA) is 79.0 Å². The van der Waals surface area contributed by atoms with E-state index in [0.29, 0.717) is 11.3 Å². The fourth-order valence-corrected chi connectivity index (χ4v) is 4.03. The Morgan fingerprint density at radius 1 is 1.20 bits per heavy atom. The van der Waals surface area contributed by atoms with Crippen LogP contribution in [0.1, 0.15) is 38.4 Å². The number of methoxy groups -OCH3 is 1. The number of ether oxygens (including phenoxy) is 1. The summed E-state index contributed by atoms with van der Waals surface area (Å²) in [6, 6.07) is 11.5. The first-order valence-electron chi connectivity index (χ1n) is 9.34. The minimum absolute atomic E-state index is 0.217. The number of anilines is 1. The number of carbonyl (C=O) groups excluding carboxylic acids is 1. The predicted octanol–water partition coefficient (Wildman–Crippen LogP) is 4.82. The molecule has 0 saturated carbocycles. The standard InChI is InChI=1S/C22H23BrN4O2S/c1-12-9-16(23)11-19(20(12)29-4)21(28)25-22(30)24-17-7-5-15(6-8-17)10-18-13(2)26-27-14(18)3/h5-9,11H,10H2,1-4H3,(H,26,27)(H2,24,25,28,30). The molecule has 0 fully saturated rings. The van der Waals surface area contributed by atoms with E-state index in [1.54, 1.807) is 6.07 Å². The van der Waals surface area contributed by atoms with Crippen LogP contribution in [0.15, 0.2) is 40.9 Å². The Morgan fingerprint density at radius 3 is 2.50 bits per heavy atom. The Labute approximate surface area is 189 Å². The van der Waals surface area contributed by atoms with Gasteiger partial charge in [-0.2, -0.15) is 5.10 Å². The third-order valence-corrected chi connectivity index (χ3v) is 5.45. The summed E-state index contributed by atoms with van der Waals surface area (Å²) < 4.78 is 6.17. The van der Waals surface area contributed by atoms with Gasteiger partial charge in [0.1, 0.15) is 5.75 Å². The first kappa shape index (κ1) is 22.0. The average molecular weight is 487 g/mol. The second kappa shape index (κ2) is 9.40. The summed E-state index contributed by atoms with van der Waals surface area (Å²) in [5, 5.41) is 13.2. The van der Waals surface area contributed by atoms with E-state index < -0.39 is 0 Å². The van der Waals surface area contributed by atoms with Crippen LogP contribution in [-0.2, 0) is 6.42 Å². The van der Waals surface area contributed by atoms with Crippen molar-refractivity contribution in [1.82, 2.24) is 15.5 Å². The largest absolute Gasteiger partial charge is 0.496 e. The molecule has 0 atom stereocenters. The summed E-state index contributed by atoms with van der Waals surface area (Å²) in [5.74, 6) is 0.184. The number of nitrogens with zero attached hydrogens (tertiary/aromatic N) is 1. The highest BCUT2D eigenvalue weighted by molar-refractivity contribution is 9.10. The number of aromatic nitrogens is 2. The van der Waals surface area contributed by atoms with E-state index in [1.807, 2.05) is 51.1 Å². The van der Waals surface area contributed by atoms with E-state index in [-0.39, 0.29) is 11.0 Å². The fraction of sp³-hybridized carbons (Fsp3) is 0.227. The lowest BCUT2D eigenvalue weighted by atomic mass is 10.0. The maximum absolute atomic E-state index is 12.7. The van der Waals surface area contributed by atoms with Crippen LogP contribution in [0.5, 0.6) is 5.75 Å². The van der Waals surface area contributed by atoms with Crippen molar-refractivity contribution in [2.75, 3.05) is 12.4 Å². The van der Waals surface area contributed by atoms with E-state index in [1.165, 1.54) is 12.7 Å². The van der Waals surface area contributed by atoms with Gasteiger partial charge in [-0.1, -0.05) is 28.1 Å². The summed E-state index contributed by atoms with van der Waals surface area (Å²) in [5.41, 5.74) is 6.52. The number of aryl methyl sites for hydroxylation is 3. The maximum atomic E-state index is 12.7. The number of benzene rings is 2. The van der Waals surface area contributed by atoms with Crippen molar-refractivity contribution in [1.29, 1.82) is 0 Å². The van der Waals surface area contributed by atoms with Crippen LogP contribution in [-0.4, -0.2) is 28.3 Å². The van der Waals surface area contributed by atoms with Crippen LogP contribution < -0.4 is 15.4 Å². The Kier molecular flexibility index (Phi) is 6.89. The molecule has 1 heterocycles. The van der Waals surface area contributed by atoms with Gasteiger partial charge in [0.05, 0.1) is 18.4 Å². The number of H-pyrrole nitrogens is 1. The van der Waals surface area contributed by atoms with E-state index in [9.17, 15) is 4.79 Å². The number of aromatic amines is 1. The highest BCUT2D eigenvalue weighted by Gasteiger charge is 2.17. The number of nitrogens with one attached hydrogen (secondary N) is 3. The Balaban J connectivity index is 1.65. The van der Waals surface area contributed by atoms with Gasteiger partial charge in [0.2, 0.25) is 0 Å². The molecule has 1 aromatic heterocycles. The van der Waals surface area contributed by atoms with Gasteiger partial charge in [-0.3, -0.25) is 15.2 Å². The molecule has 0 radical (unpaired) electrons. The molecule has 0 saturated heterocycles. The summed E-state index contributed by atoms with van der Waals surface area (Å²) in [4.78, 5) is 12.7. The number of hydrogen-bond acceptors (Lipinski definition) is 4. The van der Waals surface area contributed by atoms with Gasteiger partial charge in [-0.05, 0) is 68.4 Å². The minimum Gasteiger partial charge on any atom is -0.496 e. The molecule has 6 nitrogen and oxygen atoms in total. The van der Waals surface area contributed by atoms with Gasteiger partial charge in [-0.15, -0.1) is 0 Å². The summed E-state index contributed by atoms with van der Waals surface area (Å²) >= 11 is 8.72. The van der Waals surface area contributed by atoms with Gasteiger partial charge >= 0.3 is 0 Å². The van der Waals surface area contributed by atoms with Crippen molar-refractivity contribution in [2.45, 2.75) is 27.2 Å². The molecule has 8 heteroatoms. The molecule has 0 aliphatic rings. The molecule has 0 spiro atoms. The Bertz CT molecular complexity index is 1070. The first-order valence-corrected chi connectivity index (χ1v) is 10.5. The van der Waals surface area contributed by atoms with Crippen molar-refractivity contribution in [3.63, 3.8) is 0 Å². The van der Waals surface area contributed by atoms with Crippen molar-refractivity contribution in [3.05, 3.63) is 74.5 Å². The molecule has 1 amide bonds. The smallest absolute Gasteiger partial charge is 0.261 e. The van der Waals surface area contributed by atoms with E-state index in [0.717, 1.165) is 39.1 Å². The summed E-state index contributed by atoms with van der Waals surface area (Å²) in [6.45, 7) is 5.90. The van der Waals surface area contributed by atoms with E-state index in [2.05, 4.69) is 36.8 Å². The highest BCUT2D eigenvalue weighted by atomic mass is 79.9. The normalized spacial score (nSPS) is 10.6. The molecule has 3 aromatic rings. The van der Waals surface area contributed by atoms with Crippen LogP contribution in [0.3, 0.4) is 0 Å². The first-order chi connectivity index (χ1) is 14.3. The van der Waals surface area contributed by atoms with Crippen LogP contribution in [0.4, 0.5) is 5.69 Å². The Morgan fingerprint density at radius 2 is 1.90 bits per heavy atom. The van der Waals surface area contributed by atoms with Crippen molar-refractivity contribution < 1.29 is 9.53 Å². The number of halogens is 1. The van der Waals surface area contributed by atoms with Gasteiger partial charge in [0.15, 0.2) is 5.11 Å². The zero-order valence-corrected chi connectivity index (χ0v) is 19.6. The zero-order chi connectivity index (χ0) is 21.8. The monoisotopic (exact) mass is 486 g/mol. The van der Waals surface area contributed by atoms with Gasteiger partial charge < -0.3 is 10.1 Å². The third-order valence-electron chi connectivity index (χ3n) is 4.79. The molecule has 0 bridgehead atoms. The van der Waals surface area contributed by atoms with Gasteiger partial charge in [-0.25, -0.2) is 0 Å². The van der Waals surface area contributed by atoms with Crippen molar-refractivity contribution in [3.8, 4) is 5.75 Å². The second-order valence-corrected chi connectivity index (χ2v) is 8.32.